The highest BCUT2D eigenvalue weighted by atomic mass is 35.5. The Morgan fingerprint density at radius 1 is 1.19 bits per heavy atom. The van der Waals surface area contributed by atoms with Gasteiger partial charge in [0.05, 0.1) is 5.69 Å². The lowest BCUT2D eigenvalue weighted by molar-refractivity contribution is 0.425. The Kier molecular flexibility index (Phi) is 3.19. The van der Waals surface area contributed by atoms with Gasteiger partial charge in [-0.3, -0.25) is 4.98 Å². The van der Waals surface area contributed by atoms with E-state index >= 15 is 0 Å². The molecule has 16 heavy (non-hydrogen) atoms. The van der Waals surface area contributed by atoms with Crippen LogP contribution in [0.1, 0.15) is 0 Å². The summed E-state index contributed by atoms with van der Waals surface area (Å²) < 4.78 is 0. The highest BCUT2D eigenvalue weighted by Crippen LogP contribution is 2.22. The van der Waals surface area contributed by atoms with Crippen molar-refractivity contribution in [1.82, 2.24) is 9.97 Å². The van der Waals surface area contributed by atoms with Gasteiger partial charge in [0.1, 0.15) is 5.15 Å². The van der Waals surface area contributed by atoms with E-state index in [9.17, 15) is 0 Å². The first kappa shape index (κ1) is 11.1. The van der Waals surface area contributed by atoms with E-state index in [2.05, 4.69) is 9.97 Å². The molecule has 2 N–H and O–H groups in total. The van der Waals surface area contributed by atoms with E-state index in [1.165, 1.54) is 6.20 Å². The minimum atomic E-state index is -1.56. The van der Waals surface area contributed by atoms with E-state index in [4.69, 9.17) is 21.6 Å². The Balaban J connectivity index is 2.52. The van der Waals surface area contributed by atoms with Gasteiger partial charge in [-0.2, -0.15) is 0 Å². The Morgan fingerprint density at radius 3 is 2.62 bits per heavy atom. The minimum absolute atomic E-state index is 0.281. The monoisotopic (exact) mass is 234 g/mol. The van der Waals surface area contributed by atoms with Crippen molar-refractivity contribution < 1.29 is 10.0 Å². The van der Waals surface area contributed by atoms with Gasteiger partial charge in [-0.25, -0.2) is 4.98 Å². The fourth-order valence-corrected chi connectivity index (χ4v) is 1.51. The Labute approximate surface area is 97.7 Å². The molecule has 0 radical (unpaired) electrons. The molecule has 2 aromatic rings. The zero-order valence-corrected chi connectivity index (χ0v) is 8.96. The quantitative estimate of drug-likeness (QED) is 0.586. The molecule has 0 aliphatic heterocycles. The van der Waals surface area contributed by atoms with Gasteiger partial charge in [-0.1, -0.05) is 17.7 Å². The lowest BCUT2D eigenvalue weighted by Gasteiger charge is -2.05. The molecular formula is C10H8BClN2O2. The van der Waals surface area contributed by atoms with Crippen LogP contribution in [0.15, 0.2) is 36.7 Å². The van der Waals surface area contributed by atoms with Gasteiger partial charge < -0.3 is 10.0 Å². The van der Waals surface area contributed by atoms with Gasteiger partial charge in [0.2, 0.25) is 0 Å². The second kappa shape index (κ2) is 4.61. The minimum Gasteiger partial charge on any atom is -0.423 e. The Hall–Kier alpha value is -1.43. The van der Waals surface area contributed by atoms with Crippen LogP contribution in [0.3, 0.4) is 0 Å². The molecule has 0 unspecified atom stereocenters. The van der Waals surface area contributed by atoms with Crippen LogP contribution in [0.5, 0.6) is 0 Å². The molecule has 4 nitrogen and oxygen atoms in total. The maximum atomic E-state index is 9.04. The molecule has 0 spiro atoms. The molecule has 6 heteroatoms. The van der Waals surface area contributed by atoms with Crippen LogP contribution in [0.4, 0.5) is 0 Å². The maximum Gasteiger partial charge on any atom is 0.490 e. The third-order valence-corrected chi connectivity index (χ3v) is 2.40. The summed E-state index contributed by atoms with van der Waals surface area (Å²) in [5.41, 5.74) is 1.50. The van der Waals surface area contributed by atoms with E-state index in [0.29, 0.717) is 11.3 Å². The van der Waals surface area contributed by atoms with Crippen LogP contribution in [0, 0.1) is 0 Å². The molecule has 0 bridgehead atoms. The molecule has 80 valence electrons. The van der Waals surface area contributed by atoms with Crippen molar-refractivity contribution in [1.29, 1.82) is 0 Å². The summed E-state index contributed by atoms with van der Waals surface area (Å²) in [6.07, 6.45) is 2.95. The normalized spacial score (nSPS) is 10.2. The number of hydrogen-bond acceptors (Lipinski definition) is 4. The smallest absolute Gasteiger partial charge is 0.423 e. The first-order valence-corrected chi connectivity index (χ1v) is 4.99. The zero-order chi connectivity index (χ0) is 11.5. The maximum absolute atomic E-state index is 9.04. The summed E-state index contributed by atoms with van der Waals surface area (Å²) in [6.45, 7) is 0. The molecule has 2 heterocycles. The first-order chi connectivity index (χ1) is 7.68. The summed E-state index contributed by atoms with van der Waals surface area (Å²) >= 11 is 5.92. The van der Waals surface area contributed by atoms with Gasteiger partial charge >= 0.3 is 7.12 Å². The number of nitrogens with zero attached hydrogens (tertiary/aromatic N) is 2. The third-order valence-electron chi connectivity index (χ3n) is 2.10. The summed E-state index contributed by atoms with van der Waals surface area (Å²) in [4.78, 5) is 8.00. The molecule has 2 rings (SSSR count). The molecule has 0 amide bonds. The lowest BCUT2D eigenvalue weighted by Crippen LogP contribution is -2.30. The van der Waals surface area contributed by atoms with Crippen molar-refractivity contribution in [3.05, 3.63) is 41.8 Å². The van der Waals surface area contributed by atoms with E-state index < -0.39 is 7.12 Å². The molecule has 0 aliphatic rings. The number of aromatic nitrogens is 2. The first-order valence-electron chi connectivity index (χ1n) is 4.61. The summed E-state index contributed by atoms with van der Waals surface area (Å²) in [5.74, 6) is 0. The van der Waals surface area contributed by atoms with E-state index in [-0.39, 0.29) is 10.6 Å². The predicted octanol–water partition coefficient (Wildman–Crippen LogP) is 0.477. The highest BCUT2D eigenvalue weighted by molar-refractivity contribution is 6.58. The lowest BCUT2D eigenvalue weighted by atomic mass is 9.81. The molecule has 0 saturated heterocycles. The molecule has 0 aliphatic carbocycles. The van der Waals surface area contributed by atoms with Crippen molar-refractivity contribution in [2.75, 3.05) is 0 Å². The number of halogens is 1. The van der Waals surface area contributed by atoms with Gasteiger partial charge in [0.25, 0.3) is 0 Å². The molecular weight excluding hydrogens is 226 g/mol. The standard InChI is InChI=1S/C10H8BClN2O2/c12-10-8(9-3-1-2-4-13-9)5-7(6-14-10)11(15)16/h1-6,15-16H. The summed E-state index contributed by atoms with van der Waals surface area (Å²) in [7, 11) is -1.56. The Morgan fingerprint density at radius 2 is 2.00 bits per heavy atom. The number of rotatable bonds is 2. The van der Waals surface area contributed by atoms with Crippen molar-refractivity contribution in [3.63, 3.8) is 0 Å². The second-order valence-electron chi connectivity index (χ2n) is 3.20. The van der Waals surface area contributed by atoms with E-state index in [1.54, 1.807) is 24.4 Å². The van der Waals surface area contributed by atoms with Crippen LogP contribution in [0.2, 0.25) is 5.15 Å². The SMILES string of the molecule is OB(O)c1cnc(Cl)c(-c2ccccn2)c1. The third kappa shape index (κ3) is 2.22. The number of pyridine rings is 2. The Bertz CT molecular complexity index is 493. The second-order valence-corrected chi connectivity index (χ2v) is 3.55. The van der Waals surface area contributed by atoms with Crippen LogP contribution >= 0.6 is 11.6 Å². The van der Waals surface area contributed by atoms with Crippen LogP contribution in [-0.2, 0) is 0 Å². The van der Waals surface area contributed by atoms with Gasteiger partial charge in [0.15, 0.2) is 0 Å². The average molecular weight is 234 g/mol. The van der Waals surface area contributed by atoms with Crippen molar-refractivity contribution in [2.24, 2.45) is 0 Å². The molecule has 0 atom stereocenters. The van der Waals surface area contributed by atoms with Gasteiger partial charge in [0, 0.05) is 23.4 Å². The van der Waals surface area contributed by atoms with Crippen LogP contribution in [-0.4, -0.2) is 27.1 Å². The summed E-state index contributed by atoms with van der Waals surface area (Å²) in [6, 6.07) is 6.94. The van der Waals surface area contributed by atoms with E-state index in [1.807, 2.05) is 6.07 Å². The van der Waals surface area contributed by atoms with Crippen molar-refractivity contribution in [2.45, 2.75) is 0 Å². The largest absolute Gasteiger partial charge is 0.490 e. The molecule has 2 aromatic heterocycles. The molecule has 0 saturated carbocycles. The fourth-order valence-electron chi connectivity index (χ4n) is 1.31. The van der Waals surface area contributed by atoms with Crippen LogP contribution < -0.4 is 5.46 Å². The van der Waals surface area contributed by atoms with Gasteiger partial charge in [-0.15, -0.1) is 0 Å². The predicted molar refractivity (Wildman–Crippen MR) is 62.3 cm³/mol. The highest BCUT2D eigenvalue weighted by Gasteiger charge is 2.15. The van der Waals surface area contributed by atoms with Crippen molar-refractivity contribution in [3.8, 4) is 11.3 Å². The van der Waals surface area contributed by atoms with Crippen LogP contribution in [0.25, 0.3) is 11.3 Å². The van der Waals surface area contributed by atoms with Gasteiger partial charge in [-0.05, 0) is 18.2 Å². The topological polar surface area (TPSA) is 66.2 Å². The number of hydrogen-bond donors (Lipinski definition) is 2. The molecule has 0 fully saturated rings. The van der Waals surface area contributed by atoms with Crippen molar-refractivity contribution >= 4 is 24.2 Å². The fraction of sp³-hybridized carbons (Fsp3) is 0. The molecule has 0 aromatic carbocycles. The average Bonchev–Trinajstić information content (AvgIpc) is 2.30. The van der Waals surface area contributed by atoms with E-state index in [0.717, 1.165) is 0 Å². The summed E-state index contributed by atoms with van der Waals surface area (Å²) in [5, 5.41) is 18.4. The zero-order valence-electron chi connectivity index (χ0n) is 8.21.